The fourth-order valence-corrected chi connectivity index (χ4v) is 3.61. The van der Waals surface area contributed by atoms with E-state index in [1.807, 2.05) is 12.1 Å². The van der Waals surface area contributed by atoms with Crippen LogP contribution in [0.25, 0.3) is 0 Å². The Morgan fingerprint density at radius 1 is 1.35 bits per heavy atom. The fourth-order valence-electron chi connectivity index (χ4n) is 3.61. The summed E-state index contributed by atoms with van der Waals surface area (Å²) in [5.41, 5.74) is 0.671. The number of benzene rings is 1. The molecule has 3 rings (SSSR count). The first-order valence-corrected chi connectivity index (χ1v) is 8.59. The van der Waals surface area contributed by atoms with Gasteiger partial charge >= 0.3 is 6.03 Å². The monoisotopic (exact) mass is 361 g/mol. The third-order valence-corrected chi connectivity index (χ3v) is 4.88. The van der Waals surface area contributed by atoms with Gasteiger partial charge in [-0.15, -0.1) is 0 Å². The smallest absolute Gasteiger partial charge is 0.325 e. The Kier molecular flexibility index (Phi) is 5.13. The van der Waals surface area contributed by atoms with Crippen LogP contribution < -0.4 is 15.4 Å². The lowest BCUT2D eigenvalue weighted by molar-refractivity contribution is -0.135. The Bertz CT molecular complexity index is 736. The predicted molar refractivity (Wildman–Crippen MR) is 92.7 cm³/mol. The van der Waals surface area contributed by atoms with Crippen LogP contribution >= 0.6 is 0 Å². The van der Waals surface area contributed by atoms with E-state index < -0.39 is 17.5 Å². The maximum Gasteiger partial charge on any atom is 0.325 e. The van der Waals surface area contributed by atoms with Gasteiger partial charge in [-0.1, -0.05) is 6.07 Å². The first kappa shape index (κ1) is 18.2. The minimum Gasteiger partial charge on any atom is -0.497 e. The fraction of sp³-hybridized carbons (Fsp3) is 0.500. The highest BCUT2D eigenvalue weighted by Gasteiger charge is 2.54. The summed E-state index contributed by atoms with van der Waals surface area (Å²) < 4.78 is 10.1. The molecule has 1 fully saturated rings. The average Bonchev–Trinajstić information content (AvgIpc) is 2.86. The first-order chi connectivity index (χ1) is 12.5. The third kappa shape index (κ3) is 3.12. The minimum atomic E-state index is -1.09. The van der Waals surface area contributed by atoms with E-state index in [1.54, 1.807) is 13.2 Å². The zero-order chi connectivity index (χ0) is 18.7. The van der Waals surface area contributed by atoms with E-state index in [9.17, 15) is 14.4 Å². The third-order valence-electron chi connectivity index (χ3n) is 4.88. The molecule has 1 aliphatic carbocycles. The number of carbonyl (C=O) groups is 3. The number of aryl methyl sites for hydroxylation is 1. The number of hydrogen-bond acceptors (Lipinski definition) is 5. The van der Waals surface area contributed by atoms with Crippen LogP contribution in [-0.4, -0.2) is 56.7 Å². The Balaban J connectivity index is 1.82. The number of amides is 4. The summed E-state index contributed by atoms with van der Waals surface area (Å²) in [4.78, 5) is 38.5. The van der Waals surface area contributed by atoms with Crippen molar-refractivity contribution in [3.63, 3.8) is 0 Å². The van der Waals surface area contributed by atoms with Crippen molar-refractivity contribution in [3.05, 3.63) is 29.3 Å². The molecule has 1 aliphatic heterocycles. The van der Waals surface area contributed by atoms with Crippen molar-refractivity contribution >= 4 is 17.8 Å². The summed E-state index contributed by atoms with van der Waals surface area (Å²) >= 11 is 0. The second kappa shape index (κ2) is 7.33. The van der Waals surface area contributed by atoms with Gasteiger partial charge < -0.3 is 20.1 Å². The van der Waals surface area contributed by atoms with Gasteiger partial charge in [0.05, 0.1) is 13.7 Å². The number of hydrogen-bond donors (Lipinski definition) is 2. The summed E-state index contributed by atoms with van der Waals surface area (Å²) in [6, 6.07) is 4.97. The summed E-state index contributed by atoms with van der Waals surface area (Å²) in [5, 5.41) is 5.45. The lowest BCUT2D eigenvalue weighted by Crippen LogP contribution is -2.47. The second-order valence-corrected chi connectivity index (χ2v) is 6.45. The lowest BCUT2D eigenvalue weighted by Gasteiger charge is -2.33. The normalized spacial score (nSPS) is 21.5. The number of nitrogens with one attached hydrogen (secondary N) is 2. The van der Waals surface area contributed by atoms with Gasteiger partial charge in [0.15, 0.2) is 0 Å². The molecule has 140 valence electrons. The van der Waals surface area contributed by atoms with Gasteiger partial charge in [-0.25, -0.2) is 4.79 Å². The molecule has 1 saturated heterocycles. The molecule has 1 heterocycles. The molecule has 1 aromatic rings. The van der Waals surface area contributed by atoms with Crippen LogP contribution in [0.2, 0.25) is 0 Å². The number of urea groups is 1. The zero-order valence-corrected chi connectivity index (χ0v) is 15.0. The van der Waals surface area contributed by atoms with E-state index in [-0.39, 0.29) is 12.5 Å². The molecule has 26 heavy (non-hydrogen) atoms. The van der Waals surface area contributed by atoms with Gasteiger partial charge in [-0.05, 0) is 42.5 Å². The second-order valence-electron chi connectivity index (χ2n) is 6.45. The highest BCUT2D eigenvalue weighted by molar-refractivity contribution is 6.09. The minimum absolute atomic E-state index is 0.304. The molecule has 1 spiro atoms. The Morgan fingerprint density at radius 2 is 2.15 bits per heavy atom. The molecule has 0 unspecified atom stereocenters. The number of fused-ring (bicyclic) bond motifs is 2. The number of ether oxygens (including phenoxy) is 2. The van der Waals surface area contributed by atoms with Crippen molar-refractivity contribution in [2.45, 2.75) is 24.8 Å². The average molecular weight is 361 g/mol. The molecule has 0 saturated carbocycles. The molecule has 2 aliphatic rings. The van der Waals surface area contributed by atoms with Crippen molar-refractivity contribution in [1.82, 2.24) is 15.5 Å². The van der Waals surface area contributed by atoms with Crippen LogP contribution in [0, 0.1) is 0 Å². The highest BCUT2D eigenvalue weighted by Crippen LogP contribution is 2.41. The van der Waals surface area contributed by atoms with Gasteiger partial charge in [0.2, 0.25) is 5.91 Å². The number of nitrogens with zero attached hydrogens (tertiary/aromatic N) is 1. The predicted octanol–water partition coefficient (Wildman–Crippen LogP) is 0.541. The molecular weight excluding hydrogens is 338 g/mol. The van der Waals surface area contributed by atoms with Crippen molar-refractivity contribution in [2.75, 3.05) is 33.9 Å². The Hall–Kier alpha value is -2.61. The number of imide groups is 1. The van der Waals surface area contributed by atoms with E-state index in [0.717, 1.165) is 28.9 Å². The molecule has 0 bridgehead atoms. The van der Waals surface area contributed by atoms with Crippen LogP contribution in [0.1, 0.15) is 24.0 Å². The van der Waals surface area contributed by atoms with Gasteiger partial charge in [0.1, 0.15) is 17.8 Å². The van der Waals surface area contributed by atoms with Crippen LogP contribution in [0.4, 0.5) is 4.79 Å². The maximum absolute atomic E-state index is 13.1. The lowest BCUT2D eigenvalue weighted by atomic mass is 9.76. The molecule has 0 radical (unpaired) electrons. The van der Waals surface area contributed by atoms with Crippen molar-refractivity contribution in [3.8, 4) is 5.75 Å². The molecule has 0 aromatic heterocycles. The number of rotatable bonds is 6. The number of carbonyl (C=O) groups excluding carboxylic acids is 3. The molecule has 1 atom stereocenters. The summed E-state index contributed by atoms with van der Waals surface area (Å²) in [6.07, 6.45) is 2.09. The first-order valence-electron chi connectivity index (χ1n) is 8.59. The SMILES string of the molecule is COCCNC(=O)CN1C(=O)N[C@@]2(CCCc3cc(OC)ccc32)C1=O. The zero-order valence-electron chi connectivity index (χ0n) is 15.0. The van der Waals surface area contributed by atoms with Crippen molar-refractivity contribution < 1.29 is 23.9 Å². The Morgan fingerprint density at radius 3 is 2.88 bits per heavy atom. The molecule has 8 heteroatoms. The van der Waals surface area contributed by atoms with Crippen LogP contribution in [0.3, 0.4) is 0 Å². The summed E-state index contributed by atoms with van der Waals surface area (Å²) in [7, 11) is 3.12. The largest absolute Gasteiger partial charge is 0.497 e. The maximum atomic E-state index is 13.1. The molecule has 8 nitrogen and oxygen atoms in total. The quantitative estimate of drug-likeness (QED) is 0.569. The standard InChI is InChI=1S/C18H23N3O5/c1-25-9-8-19-15(22)11-21-16(23)18(20-17(21)24)7-3-4-12-10-13(26-2)5-6-14(12)18/h5-6,10H,3-4,7-9,11H2,1-2H3,(H,19,22)(H,20,24)/t18-/m1/s1. The topological polar surface area (TPSA) is 97.0 Å². The number of methoxy groups -OCH3 is 2. The molecule has 2 N–H and O–H groups in total. The van der Waals surface area contributed by atoms with E-state index in [0.29, 0.717) is 25.3 Å². The van der Waals surface area contributed by atoms with Gasteiger partial charge in [-0.3, -0.25) is 14.5 Å². The van der Waals surface area contributed by atoms with E-state index >= 15 is 0 Å². The van der Waals surface area contributed by atoms with Crippen molar-refractivity contribution in [2.24, 2.45) is 0 Å². The molecule has 4 amide bonds. The van der Waals surface area contributed by atoms with Crippen molar-refractivity contribution in [1.29, 1.82) is 0 Å². The van der Waals surface area contributed by atoms with Crippen LogP contribution in [-0.2, 0) is 26.3 Å². The molecule has 1 aromatic carbocycles. The summed E-state index contributed by atoms with van der Waals surface area (Å²) in [6.45, 7) is 0.388. The van der Waals surface area contributed by atoms with Crippen LogP contribution in [0.5, 0.6) is 5.75 Å². The van der Waals surface area contributed by atoms with Gasteiger partial charge in [-0.2, -0.15) is 0 Å². The molecular formula is C18H23N3O5. The summed E-state index contributed by atoms with van der Waals surface area (Å²) in [5.74, 6) is -0.0594. The highest BCUT2D eigenvalue weighted by atomic mass is 16.5. The van der Waals surface area contributed by atoms with Gasteiger partial charge in [0, 0.05) is 13.7 Å². The van der Waals surface area contributed by atoms with E-state index in [2.05, 4.69) is 10.6 Å². The van der Waals surface area contributed by atoms with E-state index in [1.165, 1.54) is 7.11 Å². The Labute approximate surface area is 151 Å². The van der Waals surface area contributed by atoms with Crippen LogP contribution in [0.15, 0.2) is 18.2 Å². The van der Waals surface area contributed by atoms with Gasteiger partial charge in [0.25, 0.3) is 5.91 Å². The van der Waals surface area contributed by atoms with E-state index in [4.69, 9.17) is 9.47 Å².